The van der Waals surface area contributed by atoms with E-state index >= 15 is 0 Å². The van der Waals surface area contributed by atoms with Crippen LogP contribution in [0, 0.1) is 12.1 Å². The summed E-state index contributed by atoms with van der Waals surface area (Å²) in [5, 5.41) is 8.79. The summed E-state index contributed by atoms with van der Waals surface area (Å²) < 4.78 is 7.50. The molecule has 0 amide bonds. The van der Waals surface area contributed by atoms with E-state index in [0.717, 1.165) is 18.5 Å². The van der Waals surface area contributed by atoms with E-state index in [4.69, 9.17) is 4.65 Å². The van der Waals surface area contributed by atoms with Crippen LogP contribution >= 0.6 is 23.8 Å². The molecule has 6 aromatic carbocycles. The minimum atomic E-state index is -0.555. The standard InChI is InChI=1S/C41H39P3.CO.Mo/c1-41(32-42(35-20-8-2-9-21-35)36-22-10-3-11-23-36,33-43(37-24-12-4-13-25-37)38-26-14-5-15-27-38)34-44(39-28-16-6-17-29-39)40-30-18-7-19-31-40;1-2;/h2-31H,32-34H2,1H3;;. The molecule has 0 bridgehead atoms. The van der Waals surface area contributed by atoms with E-state index in [1.807, 2.05) is 0 Å². The van der Waals surface area contributed by atoms with Crippen LogP contribution in [0.5, 0.6) is 0 Å². The van der Waals surface area contributed by atoms with Crippen LogP contribution in [-0.4, -0.2) is 18.5 Å². The van der Waals surface area contributed by atoms with Crippen molar-refractivity contribution < 1.29 is 25.7 Å². The molecular formula is C42H39MoOP3. The van der Waals surface area contributed by atoms with Crippen molar-refractivity contribution in [2.45, 2.75) is 6.92 Å². The van der Waals surface area contributed by atoms with Gasteiger partial charge < -0.3 is 0 Å². The van der Waals surface area contributed by atoms with E-state index in [1.165, 1.54) is 31.8 Å². The number of hydrogen-bond acceptors (Lipinski definition) is 0. The minimum Gasteiger partial charge on any atom is 0 e. The summed E-state index contributed by atoms with van der Waals surface area (Å²) in [5.41, 5.74) is 0.0756. The van der Waals surface area contributed by atoms with Gasteiger partial charge in [0.25, 0.3) is 0 Å². The van der Waals surface area contributed by atoms with Crippen LogP contribution < -0.4 is 31.8 Å². The minimum absolute atomic E-state index is 0. The fourth-order valence-electron chi connectivity index (χ4n) is 5.94. The van der Waals surface area contributed by atoms with E-state index in [-0.39, 0.29) is 26.5 Å². The Balaban J connectivity index is 0.00000164. The zero-order chi connectivity index (χ0) is 32.0. The summed E-state index contributed by atoms with van der Waals surface area (Å²) >= 11 is 0. The molecule has 47 heavy (non-hydrogen) atoms. The quantitative estimate of drug-likeness (QED) is 0.0520. The molecule has 6 aromatic rings. The summed E-state index contributed by atoms with van der Waals surface area (Å²) in [6, 6.07) is 67.7. The molecule has 1 nitrogen and oxygen atoms in total. The second kappa shape index (κ2) is 19.1. The normalized spacial score (nSPS) is 11.0. The Hall–Kier alpha value is -2.96. The largest absolute Gasteiger partial charge is 0 e. The molecule has 0 N–H and O–H groups in total. The van der Waals surface area contributed by atoms with Crippen molar-refractivity contribution in [3.63, 3.8) is 0 Å². The molecule has 6 rings (SSSR count). The third-order valence-electron chi connectivity index (χ3n) is 8.03. The van der Waals surface area contributed by atoms with E-state index in [1.54, 1.807) is 0 Å². The SMILES string of the molecule is CC(CP(c1ccccc1)c1ccccc1)(CP(c1ccccc1)c1ccccc1)CP(c1ccccc1)c1ccccc1.[C-]#[O+].[Mo]. The molecule has 0 atom stereocenters. The molecule has 234 valence electrons. The van der Waals surface area contributed by atoms with Crippen molar-refractivity contribution in [3.8, 4) is 0 Å². The molecule has 0 aliphatic heterocycles. The van der Waals surface area contributed by atoms with Crippen molar-refractivity contribution in [3.05, 3.63) is 189 Å². The summed E-state index contributed by atoms with van der Waals surface area (Å²) in [4.78, 5) is 0. The Morgan fingerprint density at radius 2 is 0.511 bits per heavy atom. The van der Waals surface area contributed by atoms with Gasteiger partial charge in [0, 0.05) is 21.1 Å². The maximum Gasteiger partial charge on any atom is 0 e. The molecule has 0 fully saturated rings. The van der Waals surface area contributed by atoms with Crippen LogP contribution in [0.2, 0.25) is 0 Å². The van der Waals surface area contributed by atoms with Gasteiger partial charge in [-0.3, -0.25) is 0 Å². The molecule has 5 heteroatoms. The predicted molar refractivity (Wildman–Crippen MR) is 204 cm³/mol. The van der Waals surface area contributed by atoms with E-state index < -0.39 is 23.8 Å². The molecule has 0 radical (unpaired) electrons. The fourth-order valence-corrected chi connectivity index (χ4v) is 14.6. The second-order valence-corrected chi connectivity index (χ2v) is 18.2. The van der Waals surface area contributed by atoms with Gasteiger partial charge in [0.05, 0.1) is 0 Å². The van der Waals surface area contributed by atoms with Crippen LogP contribution in [0.25, 0.3) is 0 Å². The van der Waals surface area contributed by atoms with Gasteiger partial charge in [0.2, 0.25) is 0 Å². The van der Waals surface area contributed by atoms with Crippen molar-refractivity contribution in [1.29, 1.82) is 0 Å². The molecule has 0 aromatic heterocycles. The Bertz CT molecular complexity index is 1410. The van der Waals surface area contributed by atoms with Crippen LogP contribution in [-0.2, 0) is 25.7 Å². The summed E-state index contributed by atoms with van der Waals surface area (Å²) in [7, 11) is -1.66. The maximum atomic E-state index is 7.50. The number of hydrogen-bond donors (Lipinski definition) is 0. The average molecular weight is 749 g/mol. The van der Waals surface area contributed by atoms with Gasteiger partial charge in [-0.2, -0.15) is 0 Å². The number of benzene rings is 6. The summed E-state index contributed by atoms with van der Waals surface area (Å²) in [6.07, 6.45) is 3.44. The van der Waals surface area contributed by atoms with Gasteiger partial charge in [-0.05, 0) is 79.5 Å². The van der Waals surface area contributed by atoms with Crippen LogP contribution in [0.15, 0.2) is 182 Å². The zero-order valence-corrected chi connectivity index (χ0v) is 31.3. The predicted octanol–water partition coefficient (Wildman–Crippen LogP) is 8.35. The smallest absolute Gasteiger partial charge is 0 e. The molecule has 0 spiro atoms. The first-order valence-corrected chi connectivity index (χ1v) is 20.1. The first-order valence-electron chi connectivity index (χ1n) is 15.5. The van der Waals surface area contributed by atoms with Gasteiger partial charge >= 0.3 is 11.3 Å². The molecule has 0 aliphatic carbocycles. The Morgan fingerprint density at radius 3 is 0.660 bits per heavy atom. The van der Waals surface area contributed by atoms with Crippen molar-refractivity contribution in [2.75, 3.05) is 18.5 Å². The Morgan fingerprint density at radius 1 is 0.362 bits per heavy atom. The molecule has 0 heterocycles. The molecule has 0 saturated carbocycles. The fraction of sp³-hybridized carbons (Fsp3) is 0.119. The van der Waals surface area contributed by atoms with Crippen molar-refractivity contribution in [1.82, 2.24) is 0 Å². The summed E-state index contributed by atoms with van der Waals surface area (Å²) in [6.45, 7) is 7.11. The van der Waals surface area contributed by atoms with Gasteiger partial charge in [-0.15, -0.1) is 0 Å². The van der Waals surface area contributed by atoms with Gasteiger partial charge in [-0.1, -0.05) is 189 Å². The van der Waals surface area contributed by atoms with Crippen LogP contribution in [0.1, 0.15) is 6.92 Å². The van der Waals surface area contributed by atoms with Crippen LogP contribution in [0.3, 0.4) is 0 Å². The monoisotopic (exact) mass is 750 g/mol. The summed E-state index contributed by atoms with van der Waals surface area (Å²) in [5.74, 6) is 0. The molecule has 0 saturated heterocycles. The third-order valence-corrected chi connectivity index (χ3v) is 16.8. The van der Waals surface area contributed by atoms with Gasteiger partial charge in [0.15, 0.2) is 0 Å². The first kappa shape index (κ1) is 36.9. The van der Waals surface area contributed by atoms with Crippen molar-refractivity contribution >= 4 is 55.6 Å². The molecule has 0 unspecified atom stereocenters. The first-order chi connectivity index (χ1) is 22.7. The van der Waals surface area contributed by atoms with Gasteiger partial charge in [0.1, 0.15) is 0 Å². The van der Waals surface area contributed by atoms with Gasteiger partial charge in [-0.25, -0.2) is 0 Å². The molecular weight excluding hydrogens is 709 g/mol. The van der Waals surface area contributed by atoms with Crippen LogP contribution in [0.4, 0.5) is 0 Å². The topological polar surface area (TPSA) is 19.9 Å². The average Bonchev–Trinajstić information content (AvgIpc) is 3.15. The zero-order valence-electron chi connectivity index (χ0n) is 26.6. The Labute approximate surface area is 299 Å². The van der Waals surface area contributed by atoms with E-state index in [2.05, 4.69) is 196 Å². The third kappa shape index (κ3) is 10.3. The maximum absolute atomic E-state index is 7.50. The van der Waals surface area contributed by atoms with E-state index in [0.29, 0.717) is 0 Å². The van der Waals surface area contributed by atoms with Crippen molar-refractivity contribution in [2.24, 2.45) is 5.41 Å². The Kier molecular flexibility index (Phi) is 15.0. The number of rotatable bonds is 12. The molecule has 0 aliphatic rings. The second-order valence-electron chi connectivity index (χ2n) is 11.6. The van der Waals surface area contributed by atoms with E-state index in [9.17, 15) is 0 Å².